The highest BCUT2D eigenvalue weighted by Crippen LogP contribution is 2.15. The summed E-state index contributed by atoms with van der Waals surface area (Å²) in [4.78, 5) is 36.9. The number of likely N-dealkylation sites (N-methyl/N-ethyl adjacent to an activating group) is 1. The van der Waals surface area contributed by atoms with Crippen LogP contribution in [-0.2, 0) is 28.6 Å². The van der Waals surface area contributed by atoms with Crippen LogP contribution in [0.25, 0.3) is 0 Å². The zero-order chi connectivity index (χ0) is 40.7. The number of unbranched alkanes of at least 4 members (excludes halogenated alkanes) is 23. The Kier molecular flexibility index (Phi) is 37.1. The minimum Gasteiger partial charge on any atom is -0.544 e. The molecule has 8 heteroatoms. The summed E-state index contributed by atoms with van der Waals surface area (Å²) in [7, 11) is 5.41. The number of carboxylic acid groups (broad SMARTS) is 1. The van der Waals surface area contributed by atoms with E-state index in [1.807, 2.05) is 0 Å². The average molecular weight is 778 g/mol. The third kappa shape index (κ3) is 37.2. The molecule has 0 amide bonds. The van der Waals surface area contributed by atoms with E-state index in [4.69, 9.17) is 14.2 Å². The molecule has 8 nitrogen and oxygen atoms in total. The van der Waals surface area contributed by atoms with Crippen molar-refractivity contribution in [3.05, 3.63) is 24.3 Å². The fraction of sp³-hybridized carbons (Fsp3) is 0.851. The Morgan fingerprint density at radius 1 is 0.545 bits per heavy atom. The number of allylic oxidation sites excluding steroid dienone is 4. The van der Waals surface area contributed by atoms with Crippen LogP contribution in [0, 0.1) is 0 Å². The molecule has 0 saturated carbocycles. The SMILES string of the molecule is CCCCC/C=C/C/C=C/CCCCCCCCCC(=O)OC(COCCC(C(=O)[O-])[N+](C)(C)C)COC(=O)CCCCCCCCCCCCCCCC. The first-order valence-electron chi connectivity index (χ1n) is 22.9. The van der Waals surface area contributed by atoms with Gasteiger partial charge in [0.25, 0.3) is 0 Å². The molecule has 0 aromatic heterocycles. The van der Waals surface area contributed by atoms with E-state index < -0.39 is 18.1 Å². The lowest BCUT2D eigenvalue weighted by molar-refractivity contribution is -0.889. The Hall–Kier alpha value is -2.19. The third-order valence-electron chi connectivity index (χ3n) is 10.3. The fourth-order valence-electron chi connectivity index (χ4n) is 6.75. The molecule has 0 aliphatic heterocycles. The Balaban J connectivity index is 4.32. The molecule has 322 valence electrons. The van der Waals surface area contributed by atoms with Crippen LogP contribution in [-0.4, -0.2) is 75.5 Å². The minimum absolute atomic E-state index is 0.0414. The van der Waals surface area contributed by atoms with E-state index in [9.17, 15) is 19.5 Å². The number of carboxylic acids is 1. The maximum atomic E-state index is 12.7. The number of quaternary nitrogens is 1. The Morgan fingerprint density at radius 2 is 0.964 bits per heavy atom. The molecule has 0 aromatic carbocycles. The molecule has 0 N–H and O–H groups in total. The topological polar surface area (TPSA) is 102 Å². The van der Waals surface area contributed by atoms with Crippen molar-refractivity contribution in [1.82, 2.24) is 0 Å². The summed E-state index contributed by atoms with van der Waals surface area (Å²) in [6.45, 7) is 4.65. The second kappa shape index (κ2) is 38.7. The molecule has 0 radical (unpaired) electrons. The van der Waals surface area contributed by atoms with Crippen LogP contribution in [0.1, 0.15) is 206 Å². The number of hydrogen-bond donors (Lipinski definition) is 0. The van der Waals surface area contributed by atoms with Crippen LogP contribution in [0.3, 0.4) is 0 Å². The Labute approximate surface area is 339 Å². The second-order valence-electron chi connectivity index (χ2n) is 16.6. The predicted octanol–water partition coefficient (Wildman–Crippen LogP) is 11.1. The molecule has 0 saturated heterocycles. The maximum absolute atomic E-state index is 12.7. The molecule has 55 heavy (non-hydrogen) atoms. The summed E-state index contributed by atoms with van der Waals surface area (Å²) in [5.41, 5.74) is 0. The van der Waals surface area contributed by atoms with Gasteiger partial charge in [0.1, 0.15) is 12.6 Å². The van der Waals surface area contributed by atoms with Crippen LogP contribution in [0.15, 0.2) is 24.3 Å². The number of nitrogens with zero attached hydrogens (tertiary/aromatic N) is 1. The monoisotopic (exact) mass is 778 g/mol. The maximum Gasteiger partial charge on any atom is 0.306 e. The van der Waals surface area contributed by atoms with Crippen LogP contribution in [0.4, 0.5) is 0 Å². The Bertz CT molecular complexity index is 957. The molecule has 2 atom stereocenters. The normalized spacial score (nSPS) is 13.1. The zero-order valence-electron chi connectivity index (χ0n) is 36.6. The average Bonchev–Trinajstić information content (AvgIpc) is 3.14. The van der Waals surface area contributed by atoms with Gasteiger partial charge in [0.2, 0.25) is 0 Å². The molecule has 0 spiro atoms. The summed E-state index contributed by atoms with van der Waals surface area (Å²) < 4.78 is 17.2. The van der Waals surface area contributed by atoms with Gasteiger partial charge in [-0.25, -0.2) is 0 Å². The van der Waals surface area contributed by atoms with Gasteiger partial charge in [-0.3, -0.25) is 9.59 Å². The molecule has 0 aliphatic carbocycles. The van der Waals surface area contributed by atoms with Gasteiger partial charge in [0, 0.05) is 19.3 Å². The number of carbonyl (C=O) groups excluding carboxylic acids is 3. The van der Waals surface area contributed by atoms with Gasteiger partial charge in [-0.15, -0.1) is 0 Å². The highest BCUT2D eigenvalue weighted by Gasteiger charge is 2.25. The lowest BCUT2D eigenvalue weighted by Crippen LogP contribution is -2.55. The van der Waals surface area contributed by atoms with Crippen LogP contribution in [0.2, 0.25) is 0 Å². The summed E-state index contributed by atoms with van der Waals surface area (Å²) in [6, 6.07) is -0.724. The number of carbonyl (C=O) groups is 3. The summed E-state index contributed by atoms with van der Waals surface area (Å²) in [6.07, 6.45) is 41.9. The number of rotatable bonds is 41. The largest absolute Gasteiger partial charge is 0.544 e. The van der Waals surface area contributed by atoms with Crippen LogP contribution in [0.5, 0.6) is 0 Å². The molecule has 0 rings (SSSR count). The molecular weight excluding hydrogens is 691 g/mol. The lowest BCUT2D eigenvalue weighted by atomic mass is 10.0. The first-order valence-corrected chi connectivity index (χ1v) is 22.9. The van der Waals surface area contributed by atoms with Gasteiger partial charge in [-0.1, -0.05) is 167 Å². The van der Waals surface area contributed by atoms with Crippen molar-refractivity contribution >= 4 is 17.9 Å². The number of hydrogen-bond acceptors (Lipinski definition) is 7. The molecule has 0 aliphatic rings. The summed E-state index contributed by atoms with van der Waals surface area (Å²) >= 11 is 0. The Morgan fingerprint density at radius 3 is 1.44 bits per heavy atom. The van der Waals surface area contributed by atoms with E-state index in [1.165, 1.54) is 122 Å². The van der Waals surface area contributed by atoms with Crippen molar-refractivity contribution in [1.29, 1.82) is 0 Å². The van der Waals surface area contributed by atoms with E-state index in [2.05, 4.69) is 38.2 Å². The van der Waals surface area contributed by atoms with E-state index in [0.717, 1.165) is 51.4 Å². The molecule has 0 fully saturated rings. The smallest absolute Gasteiger partial charge is 0.306 e. The molecule has 0 bridgehead atoms. The second-order valence-corrected chi connectivity index (χ2v) is 16.6. The van der Waals surface area contributed by atoms with Crippen molar-refractivity contribution in [2.45, 2.75) is 219 Å². The van der Waals surface area contributed by atoms with E-state index in [0.29, 0.717) is 12.8 Å². The summed E-state index contributed by atoms with van der Waals surface area (Å²) in [5, 5.41) is 11.6. The number of ether oxygens (including phenoxy) is 3. The van der Waals surface area contributed by atoms with Gasteiger partial charge >= 0.3 is 11.9 Å². The van der Waals surface area contributed by atoms with E-state index >= 15 is 0 Å². The standard InChI is InChI=1S/C47H87NO7/c1-6-8-10-12-14-16-18-20-22-23-24-26-28-30-32-34-36-38-46(50)55-43(41-53-40-39-44(47(51)52)48(3,4)5)42-54-45(49)37-35-33-31-29-27-25-21-19-17-15-13-11-9-7-2/h14,16,20,22,43-44H,6-13,15,17-19,21,23-42H2,1-5H3/b16-14+,22-20+. The van der Waals surface area contributed by atoms with Gasteiger partial charge < -0.3 is 28.6 Å². The van der Waals surface area contributed by atoms with Crippen molar-refractivity contribution in [3.8, 4) is 0 Å². The zero-order valence-corrected chi connectivity index (χ0v) is 36.6. The lowest BCUT2D eigenvalue weighted by Gasteiger charge is -2.34. The third-order valence-corrected chi connectivity index (χ3v) is 10.3. The van der Waals surface area contributed by atoms with E-state index in [1.54, 1.807) is 21.1 Å². The molecular formula is C47H87NO7. The molecule has 2 unspecified atom stereocenters. The van der Waals surface area contributed by atoms with Gasteiger partial charge in [-0.2, -0.15) is 0 Å². The van der Waals surface area contributed by atoms with Crippen LogP contribution >= 0.6 is 0 Å². The predicted molar refractivity (Wildman–Crippen MR) is 227 cm³/mol. The minimum atomic E-state index is -1.12. The van der Waals surface area contributed by atoms with Gasteiger partial charge in [0.15, 0.2) is 6.10 Å². The highest BCUT2D eigenvalue weighted by atomic mass is 16.6. The quantitative estimate of drug-likeness (QED) is 0.0264. The van der Waals surface area contributed by atoms with E-state index in [-0.39, 0.29) is 42.7 Å². The van der Waals surface area contributed by atoms with Crippen molar-refractivity contribution < 1.29 is 38.2 Å². The summed E-state index contributed by atoms with van der Waals surface area (Å²) in [5.74, 6) is -1.73. The van der Waals surface area contributed by atoms with Crippen LogP contribution < -0.4 is 5.11 Å². The van der Waals surface area contributed by atoms with Gasteiger partial charge in [-0.05, 0) is 44.9 Å². The first-order chi connectivity index (χ1) is 26.6. The van der Waals surface area contributed by atoms with Gasteiger partial charge in [0.05, 0.1) is 40.3 Å². The highest BCUT2D eigenvalue weighted by molar-refractivity contribution is 5.70. The molecule has 0 heterocycles. The van der Waals surface area contributed by atoms with Crippen molar-refractivity contribution in [2.75, 3.05) is 41.0 Å². The number of aliphatic carboxylic acids is 1. The molecule has 0 aromatic rings. The van der Waals surface area contributed by atoms with Crippen molar-refractivity contribution in [3.63, 3.8) is 0 Å². The fourth-order valence-corrected chi connectivity index (χ4v) is 6.75. The van der Waals surface area contributed by atoms with Crippen molar-refractivity contribution in [2.24, 2.45) is 0 Å². The first kappa shape index (κ1) is 52.8. The number of esters is 2.